The molecule has 1 aliphatic heterocycles. The minimum Gasteiger partial charge on any atom is -0.507 e. The molecule has 0 radical (unpaired) electrons. The molecule has 0 amide bonds. The van der Waals surface area contributed by atoms with Crippen LogP contribution >= 0.6 is 0 Å². The monoisotopic (exact) mass is 312 g/mol. The molecular formula is C18H20N2O3. The Bertz CT molecular complexity index is 682. The summed E-state index contributed by atoms with van der Waals surface area (Å²) < 4.78 is 5.77. The van der Waals surface area contributed by atoms with Crippen molar-refractivity contribution in [3.8, 4) is 11.5 Å². The first-order valence-corrected chi connectivity index (χ1v) is 7.88. The summed E-state index contributed by atoms with van der Waals surface area (Å²) >= 11 is 0. The third-order valence-corrected chi connectivity index (χ3v) is 4.07. The maximum Gasteiger partial charge on any atom is 0.157 e. The summed E-state index contributed by atoms with van der Waals surface area (Å²) in [7, 11) is 0. The lowest BCUT2D eigenvalue weighted by atomic mass is 10.1. The number of aromatic hydroxyl groups is 1. The van der Waals surface area contributed by atoms with Crippen LogP contribution in [-0.4, -0.2) is 29.5 Å². The van der Waals surface area contributed by atoms with Crippen LogP contribution in [0.25, 0.3) is 0 Å². The Labute approximate surface area is 135 Å². The number of piperidine rings is 1. The van der Waals surface area contributed by atoms with E-state index in [-0.39, 0.29) is 11.3 Å². The van der Waals surface area contributed by atoms with Gasteiger partial charge in [-0.3, -0.25) is 4.79 Å². The Morgan fingerprint density at radius 2 is 2.00 bits per heavy atom. The lowest BCUT2D eigenvalue weighted by Gasteiger charge is -2.29. The van der Waals surface area contributed by atoms with Gasteiger partial charge in [0.05, 0.1) is 5.56 Å². The van der Waals surface area contributed by atoms with E-state index in [0.29, 0.717) is 18.6 Å². The van der Waals surface area contributed by atoms with Gasteiger partial charge in [0.25, 0.3) is 0 Å². The predicted octanol–water partition coefficient (Wildman–Crippen LogP) is 3.17. The Hall–Kier alpha value is -2.56. The van der Waals surface area contributed by atoms with Crippen molar-refractivity contribution in [2.24, 2.45) is 0 Å². The number of benzene rings is 1. The van der Waals surface area contributed by atoms with Gasteiger partial charge in [-0.25, -0.2) is 4.98 Å². The van der Waals surface area contributed by atoms with Gasteiger partial charge in [0.1, 0.15) is 23.9 Å². The molecule has 5 heteroatoms. The molecule has 23 heavy (non-hydrogen) atoms. The average molecular weight is 312 g/mol. The second kappa shape index (κ2) is 7.13. The first kappa shape index (κ1) is 15.3. The zero-order valence-electron chi connectivity index (χ0n) is 12.9. The fourth-order valence-electron chi connectivity index (χ4n) is 2.87. The van der Waals surface area contributed by atoms with Gasteiger partial charge in [-0.1, -0.05) is 12.1 Å². The number of hydrogen-bond acceptors (Lipinski definition) is 5. The van der Waals surface area contributed by atoms with E-state index < -0.39 is 0 Å². The number of aldehydes is 1. The van der Waals surface area contributed by atoms with Crippen molar-refractivity contribution in [1.82, 2.24) is 4.98 Å². The quantitative estimate of drug-likeness (QED) is 0.859. The minimum absolute atomic E-state index is 0.0695. The molecule has 1 aliphatic rings. The maximum absolute atomic E-state index is 11.1. The lowest BCUT2D eigenvalue weighted by molar-refractivity contribution is 0.111. The second-order valence-electron chi connectivity index (χ2n) is 5.63. The molecule has 1 fully saturated rings. The summed E-state index contributed by atoms with van der Waals surface area (Å²) in [5.74, 6) is 1.26. The summed E-state index contributed by atoms with van der Waals surface area (Å²) in [4.78, 5) is 17.9. The largest absolute Gasteiger partial charge is 0.507 e. The van der Waals surface area contributed by atoms with E-state index >= 15 is 0 Å². The molecule has 0 bridgehead atoms. The molecule has 0 aliphatic carbocycles. The van der Waals surface area contributed by atoms with Crippen LogP contribution in [-0.2, 0) is 6.61 Å². The molecule has 5 nitrogen and oxygen atoms in total. The summed E-state index contributed by atoms with van der Waals surface area (Å²) in [6.07, 6.45) is 6.02. The Morgan fingerprint density at radius 3 is 2.78 bits per heavy atom. The zero-order valence-corrected chi connectivity index (χ0v) is 12.9. The summed E-state index contributed by atoms with van der Waals surface area (Å²) in [5.41, 5.74) is 1.16. The van der Waals surface area contributed by atoms with E-state index in [1.165, 1.54) is 25.3 Å². The highest BCUT2D eigenvalue weighted by molar-refractivity contribution is 5.83. The molecule has 120 valence electrons. The van der Waals surface area contributed by atoms with Gasteiger partial charge in [-0.05, 0) is 37.5 Å². The van der Waals surface area contributed by atoms with Crippen LogP contribution < -0.4 is 9.64 Å². The number of phenolic OH excluding ortho intramolecular Hbond substituents is 1. The number of pyridine rings is 1. The first-order chi connectivity index (χ1) is 11.3. The number of nitrogens with zero attached hydrogens (tertiary/aromatic N) is 2. The van der Waals surface area contributed by atoms with Crippen molar-refractivity contribution in [3.63, 3.8) is 0 Å². The Kier molecular flexibility index (Phi) is 4.76. The standard InChI is InChI=1S/C18H20N2O3/c21-12-15-16(22)7-4-8-17(15)23-13-14-6-5-9-19-18(14)20-10-2-1-3-11-20/h4-9,12,22H,1-3,10-11,13H2. The van der Waals surface area contributed by atoms with Gasteiger partial charge in [0.2, 0.25) is 0 Å². The smallest absolute Gasteiger partial charge is 0.157 e. The number of carbonyl (C=O) groups excluding carboxylic acids is 1. The molecule has 1 aromatic heterocycles. The van der Waals surface area contributed by atoms with Crippen LogP contribution in [0.2, 0.25) is 0 Å². The average Bonchev–Trinajstić information content (AvgIpc) is 2.61. The molecule has 0 spiro atoms. The molecule has 1 aromatic carbocycles. The van der Waals surface area contributed by atoms with E-state index in [1.54, 1.807) is 18.3 Å². The molecule has 1 saturated heterocycles. The summed E-state index contributed by atoms with van der Waals surface area (Å²) in [5, 5.41) is 9.72. The van der Waals surface area contributed by atoms with Crippen molar-refractivity contribution >= 4 is 12.1 Å². The van der Waals surface area contributed by atoms with Crippen LogP contribution in [0, 0.1) is 0 Å². The van der Waals surface area contributed by atoms with Crippen molar-refractivity contribution in [1.29, 1.82) is 0 Å². The highest BCUT2D eigenvalue weighted by atomic mass is 16.5. The van der Waals surface area contributed by atoms with Gasteiger partial charge in [-0.2, -0.15) is 0 Å². The third kappa shape index (κ3) is 3.44. The highest BCUT2D eigenvalue weighted by Crippen LogP contribution is 2.28. The third-order valence-electron chi connectivity index (χ3n) is 4.07. The van der Waals surface area contributed by atoms with Gasteiger partial charge in [0.15, 0.2) is 6.29 Å². The van der Waals surface area contributed by atoms with E-state index in [9.17, 15) is 9.90 Å². The molecule has 2 aromatic rings. The minimum atomic E-state index is -0.0695. The molecular weight excluding hydrogens is 292 g/mol. The molecule has 0 unspecified atom stereocenters. The van der Waals surface area contributed by atoms with Crippen LogP contribution in [0.4, 0.5) is 5.82 Å². The van der Waals surface area contributed by atoms with E-state index in [2.05, 4.69) is 9.88 Å². The van der Waals surface area contributed by atoms with Crippen molar-refractivity contribution in [3.05, 3.63) is 47.7 Å². The summed E-state index contributed by atoms with van der Waals surface area (Å²) in [6.45, 7) is 2.33. The number of phenols is 1. The van der Waals surface area contributed by atoms with Crippen molar-refractivity contribution < 1.29 is 14.6 Å². The van der Waals surface area contributed by atoms with E-state index in [1.807, 2.05) is 12.1 Å². The number of carbonyl (C=O) groups is 1. The SMILES string of the molecule is O=Cc1c(O)cccc1OCc1cccnc1N1CCCCC1. The Morgan fingerprint density at radius 1 is 1.17 bits per heavy atom. The number of rotatable bonds is 5. The molecule has 0 atom stereocenters. The van der Waals surface area contributed by atoms with Crippen molar-refractivity contribution in [2.75, 3.05) is 18.0 Å². The number of aromatic nitrogens is 1. The topological polar surface area (TPSA) is 62.7 Å². The summed E-state index contributed by atoms with van der Waals surface area (Å²) in [6, 6.07) is 8.68. The second-order valence-corrected chi connectivity index (χ2v) is 5.63. The predicted molar refractivity (Wildman–Crippen MR) is 88.1 cm³/mol. The molecule has 2 heterocycles. The van der Waals surface area contributed by atoms with Gasteiger partial charge >= 0.3 is 0 Å². The van der Waals surface area contributed by atoms with E-state index in [0.717, 1.165) is 24.5 Å². The van der Waals surface area contributed by atoms with Gasteiger partial charge in [-0.15, -0.1) is 0 Å². The van der Waals surface area contributed by atoms with E-state index in [4.69, 9.17) is 4.74 Å². The van der Waals surface area contributed by atoms with Crippen LogP contribution in [0.1, 0.15) is 35.2 Å². The lowest BCUT2D eigenvalue weighted by Crippen LogP contribution is -2.31. The maximum atomic E-state index is 11.1. The Balaban J connectivity index is 1.79. The molecule has 0 saturated carbocycles. The fraction of sp³-hybridized carbons (Fsp3) is 0.333. The number of ether oxygens (including phenoxy) is 1. The van der Waals surface area contributed by atoms with Crippen LogP contribution in [0.15, 0.2) is 36.5 Å². The normalized spacial score (nSPS) is 14.5. The van der Waals surface area contributed by atoms with Crippen LogP contribution in [0.5, 0.6) is 11.5 Å². The zero-order chi connectivity index (χ0) is 16.1. The van der Waals surface area contributed by atoms with Crippen LogP contribution in [0.3, 0.4) is 0 Å². The van der Waals surface area contributed by atoms with Gasteiger partial charge in [0, 0.05) is 24.8 Å². The van der Waals surface area contributed by atoms with Gasteiger partial charge < -0.3 is 14.7 Å². The number of anilines is 1. The highest BCUT2D eigenvalue weighted by Gasteiger charge is 2.16. The fourth-order valence-corrected chi connectivity index (χ4v) is 2.87. The van der Waals surface area contributed by atoms with Crippen molar-refractivity contribution in [2.45, 2.75) is 25.9 Å². The molecule has 3 rings (SSSR count). The first-order valence-electron chi connectivity index (χ1n) is 7.88. The molecule has 1 N–H and O–H groups in total. The number of hydrogen-bond donors (Lipinski definition) is 1.